The SMILES string of the molecule is C[C@H](O[Si](C)(C)C(C)(C)C)c1nccn1[C@H](CNC(=O)OC(C)(C)C)c1cc(-c2ccc(I)cc2)on1. The van der Waals surface area contributed by atoms with Crippen LogP contribution in [0.3, 0.4) is 0 Å². The van der Waals surface area contributed by atoms with Gasteiger partial charge in [0.25, 0.3) is 0 Å². The first-order chi connectivity index (χ1) is 17.1. The number of amides is 1. The normalized spacial score (nSPS) is 14.3. The lowest BCUT2D eigenvalue weighted by molar-refractivity contribution is 0.0522. The molecule has 0 fully saturated rings. The molecule has 1 N–H and O–H groups in total. The summed E-state index contributed by atoms with van der Waals surface area (Å²) >= 11 is 2.27. The molecule has 0 aliphatic heterocycles. The molecule has 37 heavy (non-hydrogen) atoms. The number of halogens is 1. The highest BCUT2D eigenvalue weighted by atomic mass is 127. The van der Waals surface area contributed by atoms with Crippen molar-refractivity contribution in [2.24, 2.45) is 0 Å². The van der Waals surface area contributed by atoms with Crippen LogP contribution in [0.15, 0.2) is 47.2 Å². The molecule has 0 spiro atoms. The second-order valence-corrected chi connectivity index (χ2v) is 17.7. The Balaban J connectivity index is 1.94. The van der Waals surface area contributed by atoms with Crippen LogP contribution in [0.5, 0.6) is 0 Å². The molecule has 2 aromatic heterocycles. The number of alkyl carbamates (subject to hydrolysis) is 1. The minimum absolute atomic E-state index is 0.0604. The number of rotatable bonds is 8. The average molecular weight is 639 g/mol. The van der Waals surface area contributed by atoms with E-state index in [0.29, 0.717) is 11.5 Å². The van der Waals surface area contributed by atoms with Gasteiger partial charge in [-0.1, -0.05) is 38.1 Å². The lowest BCUT2D eigenvalue weighted by Crippen LogP contribution is -2.42. The third kappa shape index (κ3) is 7.67. The van der Waals surface area contributed by atoms with Crippen LogP contribution in [0.1, 0.15) is 72.1 Å². The molecule has 202 valence electrons. The van der Waals surface area contributed by atoms with Gasteiger partial charge in [0.15, 0.2) is 14.1 Å². The van der Waals surface area contributed by atoms with Gasteiger partial charge in [-0.3, -0.25) is 0 Å². The second-order valence-electron chi connectivity index (χ2n) is 11.7. The van der Waals surface area contributed by atoms with Crippen LogP contribution in [0.25, 0.3) is 11.3 Å². The van der Waals surface area contributed by atoms with Crippen molar-refractivity contribution >= 4 is 37.0 Å². The maximum atomic E-state index is 12.5. The highest BCUT2D eigenvalue weighted by Crippen LogP contribution is 2.40. The minimum atomic E-state index is -2.05. The van der Waals surface area contributed by atoms with Gasteiger partial charge in [0.2, 0.25) is 0 Å². The molecule has 0 saturated carbocycles. The zero-order valence-corrected chi connectivity index (χ0v) is 26.4. The monoisotopic (exact) mass is 638 g/mol. The van der Waals surface area contributed by atoms with E-state index in [2.05, 4.69) is 71.9 Å². The minimum Gasteiger partial charge on any atom is -0.444 e. The van der Waals surface area contributed by atoms with Crippen molar-refractivity contribution in [1.29, 1.82) is 0 Å². The lowest BCUT2D eigenvalue weighted by atomic mass is 10.1. The summed E-state index contributed by atoms with van der Waals surface area (Å²) in [6.07, 6.45) is 2.90. The molecule has 10 heteroatoms. The number of imidazole rings is 1. The molecule has 0 aliphatic rings. The average Bonchev–Trinajstić information content (AvgIpc) is 3.43. The quantitative estimate of drug-likeness (QED) is 0.205. The predicted octanol–water partition coefficient (Wildman–Crippen LogP) is 7.34. The number of ether oxygens (including phenoxy) is 1. The maximum Gasteiger partial charge on any atom is 0.407 e. The van der Waals surface area contributed by atoms with Crippen molar-refractivity contribution in [2.75, 3.05) is 6.54 Å². The van der Waals surface area contributed by atoms with Crippen LogP contribution < -0.4 is 5.32 Å². The summed E-state index contributed by atoms with van der Waals surface area (Å²) in [6, 6.07) is 9.57. The summed E-state index contributed by atoms with van der Waals surface area (Å²) in [5.74, 6) is 1.42. The summed E-state index contributed by atoms with van der Waals surface area (Å²) in [4.78, 5) is 17.2. The van der Waals surface area contributed by atoms with Gasteiger partial charge in [-0.2, -0.15) is 0 Å². The summed E-state index contributed by atoms with van der Waals surface area (Å²) in [5.41, 5.74) is 0.999. The molecule has 1 amide bonds. The Hall–Kier alpha value is -2.18. The Morgan fingerprint density at radius 2 is 1.81 bits per heavy atom. The maximum absolute atomic E-state index is 12.5. The van der Waals surface area contributed by atoms with Crippen molar-refractivity contribution < 1.29 is 18.5 Å². The molecule has 0 unspecified atom stereocenters. The Labute approximate surface area is 234 Å². The van der Waals surface area contributed by atoms with E-state index >= 15 is 0 Å². The fourth-order valence-corrected chi connectivity index (χ4v) is 5.31. The molecule has 3 aromatic rings. The highest BCUT2D eigenvalue weighted by molar-refractivity contribution is 14.1. The summed E-state index contributed by atoms with van der Waals surface area (Å²) in [6.45, 7) is 18.9. The van der Waals surface area contributed by atoms with E-state index in [4.69, 9.17) is 13.7 Å². The molecule has 3 rings (SSSR count). The van der Waals surface area contributed by atoms with Crippen LogP contribution in [-0.2, 0) is 9.16 Å². The van der Waals surface area contributed by atoms with Crippen molar-refractivity contribution in [2.45, 2.75) is 84.3 Å². The topological polar surface area (TPSA) is 91.4 Å². The first-order valence-electron chi connectivity index (χ1n) is 12.5. The Morgan fingerprint density at radius 3 is 2.41 bits per heavy atom. The summed E-state index contributed by atoms with van der Waals surface area (Å²) in [7, 11) is -2.05. The third-order valence-electron chi connectivity index (χ3n) is 6.51. The fourth-order valence-electron chi connectivity index (χ4n) is 3.61. The van der Waals surface area contributed by atoms with Gasteiger partial charge >= 0.3 is 6.09 Å². The Morgan fingerprint density at radius 1 is 1.16 bits per heavy atom. The molecule has 8 nitrogen and oxygen atoms in total. The van der Waals surface area contributed by atoms with Crippen LogP contribution in [0.4, 0.5) is 4.79 Å². The van der Waals surface area contributed by atoms with Crippen molar-refractivity contribution in [3.63, 3.8) is 0 Å². The van der Waals surface area contributed by atoms with E-state index in [9.17, 15) is 4.79 Å². The van der Waals surface area contributed by atoms with Crippen LogP contribution >= 0.6 is 22.6 Å². The van der Waals surface area contributed by atoms with Crippen LogP contribution in [-0.4, -0.2) is 41.3 Å². The summed E-state index contributed by atoms with van der Waals surface area (Å²) < 4.78 is 21.0. The molecule has 0 radical (unpaired) electrons. The fraction of sp³-hybridized carbons (Fsp3) is 0.519. The van der Waals surface area contributed by atoms with Gasteiger partial charge in [-0.25, -0.2) is 9.78 Å². The first-order valence-corrected chi connectivity index (χ1v) is 16.5. The van der Waals surface area contributed by atoms with Gasteiger partial charge in [-0.15, -0.1) is 0 Å². The standard InChI is InChI=1S/C27H39IN4O4Si/c1-18(36-37(8,9)27(5,6)7)24-29-14-15-32(24)22(17-30-25(33)34-26(2,3)4)21-16-23(35-31-21)19-10-12-20(28)13-11-19/h10-16,18,22H,17H2,1-9H3,(H,30,33)/t18-,22+/m0/s1. The largest absolute Gasteiger partial charge is 0.444 e. The van der Waals surface area contributed by atoms with E-state index < -0.39 is 20.0 Å². The molecule has 2 atom stereocenters. The molecule has 2 heterocycles. The Kier molecular flexibility index (Phi) is 8.96. The second kappa shape index (κ2) is 11.3. The number of hydrogen-bond donors (Lipinski definition) is 1. The number of benzene rings is 1. The smallest absolute Gasteiger partial charge is 0.407 e. The van der Waals surface area contributed by atoms with Crippen molar-refractivity contribution in [3.05, 3.63) is 57.8 Å². The van der Waals surface area contributed by atoms with Gasteiger partial charge < -0.3 is 23.6 Å². The highest BCUT2D eigenvalue weighted by Gasteiger charge is 2.39. The molecule has 0 saturated heterocycles. The number of nitrogens with one attached hydrogen (secondary N) is 1. The molecule has 0 bridgehead atoms. The van der Waals surface area contributed by atoms with E-state index in [1.165, 1.54) is 0 Å². The van der Waals surface area contributed by atoms with E-state index in [1.54, 1.807) is 6.20 Å². The summed E-state index contributed by atoms with van der Waals surface area (Å²) in [5, 5.41) is 7.35. The third-order valence-corrected chi connectivity index (χ3v) is 11.8. The van der Waals surface area contributed by atoms with Crippen LogP contribution in [0, 0.1) is 3.57 Å². The lowest BCUT2D eigenvalue weighted by Gasteiger charge is -2.38. The molecule has 1 aromatic carbocycles. The number of carbonyl (C=O) groups is 1. The van der Waals surface area contributed by atoms with E-state index in [0.717, 1.165) is 15.0 Å². The van der Waals surface area contributed by atoms with Gasteiger partial charge in [0.1, 0.15) is 23.2 Å². The first kappa shape index (κ1) is 29.4. The number of carbonyl (C=O) groups excluding carboxylic acids is 1. The zero-order valence-electron chi connectivity index (χ0n) is 23.3. The van der Waals surface area contributed by atoms with Gasteiger partial charge in [-0.05, 0) is 80.6 Å². The van der Waals surface area contributed by atoms with Crippen molar-refractivity contribution in [3.8, 4) is 11.3 Å². The number of nitrogens with zero attached hydrogens (tertiary/aromatic N) is 3. The van der Waals surface area contributed by atoms with Gasteiger partial charge in [0.05, 0.1) is 6.04 Å². The predicted molar refractivity (Wildman–Crippen MR) is 156 cm³/mol. The van der Waals surface area contributed by atoms with Gasteiger partial charge in [0, 0.05) is 34.1 Å². The van der Waals surface area contributed by atoms with Crippen LogP contribution in [0.2, 0.25) is 18.1 Å². The number of hydrogen-bond acceptors (Lipinski definition) is 6. The molecule has 0 aliphatic carbocycles. The number of aromatic nitrogens is 3. The Bertz CT molecular complexity index is 1190. The molecular weight excluding hydrogens is 599 g/mol. The van der Waals surface area contributed by atoms with E-state index in [1.807, 2.05) is 68.8 Å². The van der Waals surface area contributed by atoms with Crippen molar-refractivity contribution in [1.82, 2.24) is 20.0 Å². The molecular formula is C27H39IN4O4Si. The van der Waals surface area contributed by atoms with E-state index in [-0.39, 0.29) is 23.7 Å². The zero-order chi connectivity index (χ0) is 27.6.